The van der Waals surface area contributed by atoms with E-state index in [4.69, 9.17) is 4.74 Å². The third-order valence-corrected chi connectivity index (χ3v) is 3.59. The summed E-state index contributed by atoms with van der Waals surface area (Å²) in [6, 6.07) is 8.32. The molecule has 1 saturated heterocycles. The van der Waals surface area contributed by atoms with E-state index in [-0.39, 0.29) is 6.10 Å². The molecule has 0 aliphatic carbocycles. The molecule has 1 heterocycles. The largest absolute Gasteiger partial charge is 0.392 e. The first-order valence-electron chi connectivity index (χ1n) is 5.26. The van der Waals surface area contributed by atoms with Crippen LogP contribution < -0.4 is 0 Å². The van der Waals surface area contributed by atoms with Crippen LogP contribution in [0.15, 0.2) is 24.3 Å². The summed E-state index contributed by atoms with van der Waals surface area (Å²) < 4.78 is 6.51. The van der Waals surface area contributed by atoms with Crippen LogP contribution in [-0.2, 0) is 11.2 Å². The second-order valence-corrected chi connectivity index (χ2v) is 5.27. The lowest BCUT2D eigenvalue weighted by molar-refractivity contribution is 0.0919. The molecule has 0 spiro atoms. The van der Waals surface area contributed by atoms with Crippen molar-refractivity contribution in [2.75, 3.05) is 13.2 Å². The molecule has 82 valence electrons. The van der Waals surface area contributed by atoms with Gasteiger partial charge in [0.05, 0.1) is 12.7 Å². The van der Waals surface area contributed by atoms with Crippen LogP contribution in [0.4, 0.5) is 0 Å². The number of aliphatic hydroxyl groups excluding tert-OH is 1. The van der Waals surface area contributed by atoms with Crippen LogP contribution in [0.25, 0.3) is 0 Å². The van der Waals surface area contributed by atoms with Crippen LogP contribution in [0.3, 0.4) is 0 Å². The first-order chi connectivity index (χ1) is 7.25. The van der Waals surface area contributed by atoms with E-state index in [1.165, 1.54) is 9.13 Å². The van der Waals surface area contributed by atoms with Gasteiger partial charge in [0.2, 0.25) is 0 Å². The second kappa shape index (κ2) is 5.27. The quantitative estimate of drug-likeness (QED) is 0.866. The summed E-state index contributed by atoms with van der Waals surface area (Å²) in [5, 5.41) is 9.99. The van der Waals surface area contributed by atoms with E-state index in [2.05, 4.69) is 46.9 Å². The maximum atomic E-state index is 9.99. The van der Waals surface area contributed by atoms with Gasteiger partial charge in [-0.3, -0.25) is 0 Å². The van der Waals surface area contributed by atoms with Gasteiger partial charge in [-0.2, -0.15) is 0 Å². The minimum absolute atomic E-state index is 0.257. The van der Waals surface area contributed by atoms with Gasteiger partial charge < -0.3 is 9.84 Å². The standard InChI is InChI=1S/C12H15IO2/c13-11-3-1-9(2-4-11)7-12(14)10-5-6-15-8-10/h1-4,10,12,14H,5-8H2. The molecule has 1 aromatic carbocycles. The molecule has 1 N–H and O–H groups in total. The zero-order chi connectivity index (χ0) is 10.7. The number of ether oxygens (including phenoxy) is 1. The monoisotopic (exact) mass is 318 g/mol. The van der Waals surface area contributed by atoms with Crippen LogP contribution in [0.1, 0.15) is 12.0 Å². The average Bonchev–Trinajstić information content (AvgIpc) is 2.74. The fraction of sp³-hybridized carbons (Fsp3) is 0.500. The number of hydrogen-bond acceptors (Lipinski definition) is 2. The lowest BCUT2D eigenvalue weighted by Gasteiger charge is -2.16. The maximum absolute atomic E-state index is 9.99. The molecule has 1 aromatic rings. The first kappa shape index (κ1) is 11.4. The van der Waals surface area contributed by atoms with Crippen molar-refractivity contribution in [2.24, 2.45) is 5.92 Å². The van der Waals surface area contributed by atoms with Crippen molar-refractivity contribution in [3.05, 3.63) is 33.4 Å². The summed E-state index contributed by atoms with van der Waals surface area (Å²) in [5.41, 5.74) is 1.20. The van der Waals surface area contributed by atoms with E-state index in [0.717, 1.165) is 19.4 Å². The van der Waals surface area contributed by atoms with E-state index in [1.54, 1.807) is 0 Å². The van der Waals surface area contributed by atoms with Crippen LogP contribution >= 0.6 is 22.6 Å². The topological polar surface area (TPSA) is 29.5 Å². The number of benzene rings is 1. The van der Waals surface area contributed by atoms with Gasteiger partial charge in [-0.15, -0.1) is 0 Å². The van der Waals surface area contributed by atoms with Crippen LogP contribution in [0.2, 0.25) is 0 Å². The number of rotatable bonds is 3. The van der Waals surface area contributed by atoms with Crippen molar-refractivity contribution in [1.82, 2.24) is 0 Å². The van der Waals surface area contributed by atoms with Crippen LogP contribution in [-0.4, -0.2) is 24.4 Å². The molecule has 0 bridgehead atoms. The molecule has 1 fully saturated rings. The molecule has 1 aliphatic rings. The van der Waals surface area contributed by atoms with Gasteiger partial charge in [-0.1, -0.05) is 12.1 Å². The Hall–Kier alpha value is -0.130. The third kappa shape index (κ3) is 3.16. The lowest BCUT2D eigenvalue weighted by Crippen LogP contribution is -2.22. The molecule has 2 rings (SSSR count). The lowest BCUT2D eigenvalue weighted by atomic mass is 9.96. The minimum Gasteiger partial charge on any atom is -0.392 e. The van der Waals surface area contributed by atoms with Gasteiger partial charge in [0.25, 0.3) is 0 Å². The molecule has 15 heavy (non-hydrogen) atoms. The summed E-state index contributed by atoms with van der Waals surface area (Å²) in [6.07, 6.45) is 1.48. The van der Waals surface area contributed by atoms with Crippen molar-refractivity contribution >= 4 is 22.6 Å². The molecule has 3 heteroatoms. The van der Waals surface area contributed by atoms with Crippen LogP contribution in [0, 0.1) is 9.49 Å². The predicted molar refractivity (Wildman–Crippen MR) is 67.8 cm³/mol. The summed E-state index contributed by atoms with van der Waals surface area (Å²) in [6.45, 7) is 1.51. The molecule has 0 saturated carbocycles. The number of aliphatic hydroxyl groups is 1. The Balaban J connectivity index is 1.92. The summed E-state index contributed by atoms with van der Waals surface area (Å²) in [5.74, 6) is 0.323. The van der Waals surface area contributed by atoms with E-state index in [1.807, 2.05) is 0 Å². The fourth-order valence-corrected chi connectivity index (χ4v) is 2.24. The molecule has 0 aromatic heterocycles. The molecule has 0 amide bonds. The first-order valence-corrected chi connectivity index (χ1v) is 6.34. The fourth-order valence-electron chi connectivity index (χ4n) is 1.88. The summed E-state index contributed by atoms with van der Waals surface area (Å²) in [4.78, 5) is 0. The highest BCUT2D eigenvalue weighted by Crippen LogP contribution is 2.20. The Labute approximate surface area is 104 Å². The van der Waals surface area contributed by atoms with Gasteiger partial charge in [0.1, 0.15) is 0 Å². The van der Waals surface area contributed by atoms with Crippen LogP contribution in [0.5, 0.6) is 0 Å². The van der Waals surface area contributed by atoms with E-state index >= 15 is 0 Å². The molecular formula is C12H15IO2. The van der Waals surface area contributed by atoms with E-state index < -0.39 is 0 Å². The van der Waals surface area contributed by atoms with Gasteiger partial charge in [0.15, 0.2) is 0 Å². The highest BCUT2D eigenvalue weighted by molar-refractivity contribution is 14.1. The highest BCUT2D eigenvalue weighted by Gasteiger charge is 2.23. The third-order valence-electron chi connectivity index (χ3n) is 2.87. The zero-order valence-corrected chi connectivity index (χ0v) is 10.7. The van der Waals surface area contributed by atoms with Gasteiger partial charge in [0, 0.05) is 16.1 Å². The smallest absolute Gasteiger partial charge is 0.0631 e. The highest BCUT2D eigenvalue weighted by atomic mass is 127. The zero-order valence-electron chi connectivity index (χ0n) is 8.53. The molecule has 0 radical (unpaired) electrons. The SMILES string of the molecule is OC(Cc1ccc(I)cc1)C1CCOC1. The molecule has 1 aliphatic heterocycles. The van der Waals surface area contributed by atoms with Crippen molar-refractivity contribution in [3.8, 4) is 0 Å². The maximum Gasteiger partial charge on any atom is 0.0631 e. The van der Waals surface area contributed by atoms with E-state index in [0.29, 0.717) is 12.5 Å². The van der Waals surface area contributed by atoms with Crippen molar-refractivity contribution in [1.29, 1.82) is 0 Å². The Morgan fingerprint density at radius 1 is 1.40 bits per heavy atom. The summed E-state index contributed by atoms with van der Waals surface area (Å²) >= 11 is 2.29. The number of halogens is 1. The van der Waals surface area contributed by atoms with Crippen molar-refractivity contribution in [2.45, 2.75) is 18.9 Å². The minimum atomic E-state index is -0.257. The summed E-state index contributed by atoms with van der Waals surface area (Å²) in [7, 11) is 0. The number of hydrogen-bond donors (Lipinski definition) is 1. The molecule has 2 atom stereocenters. The Morgan fingerprint density at radius 2 is 2.13 bits per heavy atom. The Kier molecular flexibility index (Phi) is 3.99. The van der Waals surface area contributed by atoms with Crippen molar-refractivity contribution in [3.63, 3.8) is 0 Å². The normalized spacial score (nSPS) is 22.9. The van der Waals surface area contributed by atoms with Crippen molar-refractivity contribution < 1.29 is 9.84 Å². The van der Waals surface area contributed by atoms with Gasteiger partial charge in [-0.05, 0) is 53.1 Å². The molecule has 2 nitrogen and oxygen atoms in total. The second-order valence-electron chi connectivity index (χ2n) is 4.02. The van der Waals surface area contributed by atoms with E-state index in [9.17, 15) is 5.11 Å². The molecular weight excluding hydrogens is 303 g/mol. The van der Waals surface area contributed by atoms with Gasteiger partial charge >= 0.3 is 0 Å². The predicted octanol–water partition coefficient (Wildman–Crippen LogP) is 2.23. The van der Waals surface area contributed by atoms with Gasteiger partial charge in [-0.25, -0.2) is 0 Å². The Bertz CT molecular complexity index is 304. The molecule has 2 unspecified atom stereocenters. The Morgan fingerprint density at radius 3 is 2.73 bits per heavy atom. The average molecular weight is 318 g/mol.